The van der Waals surface area contributed by atoms with Gasteiger partial charge in [-0.05, 0) is 30.2 Å². The molecule has 1 aromatic carbocycles. The molecule has 0 aliphatic carbocycles. The van der Waals surface area contributed by atoms with Crippen molar-refractivity contribution in [3.63, 3.8) is 0 Å². The lowest BCUT2D eigenvalue weighted by Crippen LogP contribution is -2.09. The van der Waals surface area contributed by atoms with Gasteiger partial charge in [-0.15, -0.1) is 0 Å². The Hall–Kier alpha value is -3.09. The van der Waals surface area contributed by atoms with E-state index < -0.39 is 0 Å². The highest BCUT2D eigenvalue weighted by atomic mass is 16.5. The van der Waals surface area contributed by atoms with Crippen LogP contribution in [-0.4, -0.2) is 33.7 Å². The first-order chi connectivity index (χ1) is 11.5. The molecule has 2 aliphatic heterocycles. The van der Waals surface area contributed by atoms with Crippen molar-refractivity contribution in [1.29, 1.82) is 0 Å². The number of nitrogen functional groups attached to an aromatic ring is 1. The minimum absolute atomic E-state index is 0.355. The summed E-state index contributed by atoms with van der Waals surface area (Å²) in [6.45, 7) is 6.29. The molecule has 0 unspecified atom stereocenters. The Morgan fingerprint density at radius 1 is 1.21 bits per heavy atom. The minimum Gasteiger partial charge on any atom is -0.493 e. The van der Waals surface area contributed by atoms with Crippen LogP contribution in [0.2, 0.25) is 0 Å². The van der Waals surface area contributed by atoms with Crippen LogP contribution in [0.5, 0.6) is 11.5 Å². The van der Waals surface area contributed by atoms with Gasteiger partial charge in [0.2, 0.25) is 0 Å². The lowest BCUT2D eigenvalue weighted by atomic mass is 10.2. The molecular weight excluding hydrogens is 306 g/mol. The number of nitrogens with zero attached hydrogens (tertiary/aromatic N) is 4. The average molecular weight is 325 g/mol. The number of allylic oxidation sites excluding steroid dienone is 1. The summed E-state index contributed by atoms with van der Waals surface area (Å²) >= 11 is 0. The number of anilines is 1. The first-order valence-electron chi connectivity index (χ1n) is 7.38. The molecule has 0 amide bonds. The molecule has 0 fully saturated rings. The summed E-state index contributed by atoms with van der Waals surface area (Å²) in [5.74, 6) is 2.96. The van der Waals surface area contributed by atoms with E-state index in [0.29, 0.717) is 41.2 Å². The highest BCUT2D eigenvalue weighted by Gasteiger charge is 2.19. The van der Waals surface area contributed by atoms with Crippen molar-refractivity contribution in [2.45, 2.75) is 13.5 Å². The number of nitrogens with two attached hydrogens (primary N) is 1. The summed E-state index contributed by atoms with van der Waals surface area (Å²) in [5, 5.41) is 0. The molecular formula is C17H19N5O2. The number of hydrogen-bond acceptors (Lipinski definition) is 6. The second kappa shape index (κ2) is 6.19. The molecule has 7 heteroatoms. The van der Waals surface area contributed by atoms with Gasteiger partial charge in [-0.3, -0.25) is 0 Å². The van der Waals surface area contributed by atoms with E-state index in [0.717, 1.165) is 11.1 Å². The Morgan fingerprint density at radius 2 is 1.96 bits per heavy atom. The zero-order valence-electron chi connectivity index (χ0n) is 13.9. The van der Waals surface area contributed by atoms with Crippen molar-refractivity contribution in [1.82, 2.24) is 19.5 Å². The molecule has 7 nitrogen and oxygen atoms in total. The number of rotatable bonds is 5. The van der Waals surface area contributed by atoms with Crippen molar-refractivity contribution in [3.05, 3.63) is 42.5 Å². The van der Waals surface area contributed by atoms with Crippen LogP contribution in [0.25, 0.3) is 17.1 Å². The fourth-order valence-electron chi connectivity index (χ4n) is 2.44. The molecule has 0 spiro atoms. The molecule has 3 rings (SSSR count). The summed E-state index contributed by atoms with van der Waals surface area (Å²) < 4.78 is 12.5. The number of hydrogen-bond donors (Lipinski definition) is 1. The average Bonchev–Trinajstić information content (AvgIpc) is 3.04. The Kier molecular flexibility index (Phi) is 4.07. The number of methoxy groups -OCH3 is 2. The van der Waals surface area contributed by atoms with Gasteiger partial charge in [-0.25, -0.2) is 15.0 Å². The largest absolute Gasteiger partial charge is 0.493 e. The van der Waals surface area contributed by atoms with E-state index in [2.05, 4.69) is 21.5 Å². The summed E-state index contributed by atoms with van der Waals surface area (Å²) in [7, 11) is 3.22. The van der Waals surface area contributed by atoms with Crippen LogP contribution in [0.4, 0.5) is 5.82 Å². The molecule has 0 aromatic heterocycles. The van der Waals surface area contributed by atoms with Gasteiger partial charge in [0, 0.05) is 0 Å². The first-order valence-corrected chi connectivity index (χ1v) is 7.38. The molecule has 0 atom stereocenters. The molecule has 2 heterocycles. The van der Waals surface area contributed by atoms with Crippen molar-refractivity contribution >= 4 is 11.4 Å². The van der Waals surface area contributed by atoms with E-state index in [1.165, 1.54) is 0 Å². The zero-order chi connectivity index (χ0) is 17.3. The highest BCUT2D eigenvalue weighted by molar-refractivity contribution is 5.69. The lowest BCUT2D eigenvalue weighted by molar-refractivity contribution is 0.354. The van der Waals surface area contributed by atoms with Gasteiger partial charge in [0.25, 0.3) is 0 Å². The molecule has 2 N–H and O–H groups in total. The van der Waals surface area contributed by atoms with Gasteiger partial charge >= 0.3 is 0 Å². The third kappa shape index (κ3) is 2.76. The Bertz CT molecular complexity index is 872. The van der Waals surface area contributed by atoms with Gasteiger partial charge in [0.05, 0.1) is 27.1 Å². The van der Waals surface area contributed by atoms with Crippen molar-refractivity contribution < 1.29 is 9.47 Å². The van der Waals surface area contributed by atoms with E-state index >= 15 is 0 Å². The molecule has 2 aliphatic rings. The van der Waals surface area contributed by atoms with E-state index in [9.17, 15) is 0 Å². The standard InChI is InChI=1S/C17H19N5O2/c1-10(2)16-20-14-15(18)19-9-22(17(14)21-16)8-11-5-6-12(23-3)13(7-11)24-4/h5-7,9H,1,8,18H2,2-4H3. The quantitative estimate of drug-likeness (QED) is 0.775. The minimum atomic E-state index is 0.355. The first kappa shape index (κ1) is 15.8. The maximum atomic E-state index is 5.92. The third-order valence-corrected chi connectivity index (χ3v) is 3.67. The number of ether oxygens (including phenoxy) is 2. The van der Waals surface area contributed by atoms with Crippen molar-refractivity contribution in [2.75, 3.05) is 20.0 Å². The SMILES string of the molecule is C=C(C)c1nc2c(N)ncn(Cc3ccc(OC)c(OC)c3)c-2n1. The third-order valence-electron chi connectivity index (χ3n) is 3.67. The number of imidazole rings is 1. The highest BCUT2D eigenvalue weighted by Crippen LogP contribution is 2.30. The molecule has 24 heavy (non-hydrogen) atoms. The van der Waals surface area contributed by atoms with Crippen LogP contribution in [0.15, 0.2) is 31.1 Å². The Morgan fingerprint density at radius 3 is 2.62 bits per heavy atom. The molecule has 124 valence electrons. The molecule has 0 saturated heterocycles. The molecule has 0 saturated carbocycles. The smallest absolute Gasteiger partial charge is 0.166 e. The van der Waals surface area contributed by atoms with Crippen LogP contribution in [0.1, 0.15) is 18.3 Å². The van der Waals surface area contributed by atoms with Crippen LogP contribution in [-0.2, 0) is 6.54 Å². The van der Waals surface area contributed by atoms with E-state index in [1.54, 1.807) is 20.5 Å². The van der Waals surface area contributed by atoms with Crippen LogP contribution in [0, 0.1) is 0 Å². The normalized spacial score (nSPS) is 10.8. The zero-order valence-corrected chi connectivity index (χ0v) is 13.9. The number of aromatic nitrogens is 4. The summed E-state index contributed by atoms with van der Waals surface area (Å²) in [5.41, 5.74) is 8.30. The molecule has 0 radical (unpaired) electrons. The second-order valence-corrected chi connectivity index (χ2v) is 5.45. The van der Waals surface area contributed by atoms with Crippen LogP contribution < -0.4 is 15.2 Å². The lowest BCUT2D eigenvalue weighted by Gasteiger charge is -2.13. The second-order valence-electron chi connectivity index (χ2n) is 5.45. The predicted octanol–water partition coefficient (Wildman–Crippen LogP) is 2.46. The topological polar surface area (TPSA) is 88.1 Å². The van der Waals surface area contributed by atoms with Gasteiger partial charge < -0.3 is 19.8 Å². The predicted molar refractivity (Wildman–Crippen MR) is 92.2 cm³/mol. The summed E-state index contributed by atoms with van der Waals surface area (Å²) in [6.07, 6.45) is 1.66. The van der Waals surface area contributed by atoms with Crippen LogP contribution in [0.3, 0.4) is 0 Å². The molecule has 0 bridgehead atoms. The van der Waals surface area contributed by atoms with Gasteiger partial charge in [0.15, 0.2) is 34.7 Å². The Balaban J connectivity index is 2.01. The van der Waals surface area contributed by atoms with Gasteiger partial charge in [0.1, 0.15) is 0 Å². The molecule has 1 aromatic rings. The van der Waals surface area contributed by atoms with Gasteiger partial charge in [-0.1, -0.05) is 12.6 Å². The van der Waals surface area contributed by atoms with Gasteiger partial charge in [-0.2, -0.15) is 0 Å². The fourth-order valence-corrected chi connectivity index (χ4v) is 2.44. The monoisotopic (exact) mass is 325 g/mol. The van der Waals surface area contributed by atoms with E-state index in [4.69, 9.17) is 15.2 Å². The maximum Gasteiger partial charge on any atom is 0.166 e. The Labute approximate surface area is 140 Å². The number of benzene rings is 1. The van der Waals surface area contributed by atoms with Crippen LogP contribution >= 0.6 is 0 Å². The summed E-state index contributed by atoms with van der Waals surface area (Å²) in [4.78, 5) is 13.1. The van der Waals surface area contributed by atoms with E-state index in [-0.39, 0.29) is 0 Å². The fraction of sp³-hybridized carbons (Fsp3) is 0.235. The van der Waals surface area contributed by atoms with Crippen molar-refractivity contribution in [2.24, 2.45) is 0 Å². The maximum absolute atomic E-state index is 5.92. The van der Waals surface area contributed by atoms with Crippen molar-refractivity contribution in [3.8, 4) is 23.0 Å². The van der Waals surface area contributed by atoms with E-state index in [1.807, 2.05) is 29.7 Å². The summed E-state index contributed by atoms with van der Waals surface area (Å²) in [6, 6.07) is 5.75. The number of fused-ring (bicyclic) bond motifs is 1.